The molecule has 5 heteroatoms. The largest absolute Gasteiger partial charge is 0.376 e. The summed E-state index contributed by atoms with van der Waals surface area (Å²) in [4.78, 5) is 18.1. The second-order valence-corrected chi connectivity index (χ2v) is 8.33. The van der Waals surface area contributed by atoms with E-state index in [0.29, 0.717) is 11.9 Å². The Morgan fingerprint density at radius 1 is 1.00 bits per heavy atom. The molecule has 0 unspecified atom stereocenters. The van der Waals surface area contributed by atoms with Crippen LogP contribution in [0.3, 0.4) is 0 Å². The van der Waals surface area contributed by atoms with Crippen molar-refractivity contribution in [3.8, 4) is 0 Å². The van der Waals surface area contributed by atoms with Gasteiger partial charge in [0.2, 0.25) is 0 Å². The van der Waals surface area contributed by atoms with E-state index in [9.17, 15) is 4.79 Å². The molecule has 1 fully saturated rings. The quantitative estimate of drug-likeness (QED) is 0.347. The molecule has 0 spiro atoms. The summed E-state index contributed by atoms with van der Waals surface area (Å²) in [5.74, 6) is 0.762. The Bertz CT molecular complexity index is 1220. The fraction of sp³-hybridized carbons (Fsp3) is 0.250. The number of nitrogens with zero attached hydrogens (tertiary/aromatic N) is 2. The molecular weight excluding hydrogens is 380 g/mol. The number of benzene rings is 3. The van der Waals surface area contributed by atoms with E-state index in [1.165, 1.54) is 16.3 Å². The first-order chi connectivity index (χ1) is 14.3. The van der Waals surface area contributed by atoms with Gasteiger partial charge in [0.1, 0.15) is 0 Å². The topological polar surface area (TPSA) is 44.1 Å². The van der Waals surface area contributed by atoms with Crippen molar-refractivity contribution in [1.82, 2.24) is 9.55 Å². The van der Waals surface area contributed by atoms with Crippen LogP contribution in [-0.4, -0.2) is 22.3 Å². The molecule has 0 radical (unpaired) electrons. The van der Waals surface area contributed by atoms with E-state index in [0.717, 1.165) is 35.9 Å². The van der Waals surface area contributed by atoms with Gasteiger partial charge >= 0.3 is 0 Å². The Kier molecular flexibility index (Phi) is 5.08. The number of ether oxygens (including phenoxy) is 1. The highest BCUT2D eigenvalue weighted by Gasteiger charge is 2.20. The minimum atomic E-state index is 0.0199. The van der Waals surface area contributed by atoms with E-state index in [1.807, 2.05) is 28.8 Å². The van der Waals surface area contributed by atoms with Gasteiger partial charge in [0, 0.05) is 12.4 Å². The Morgan fingerprint density at radius 2 is 1.79 bits per heavy atom. The zero-order valence-corrected chi connectivity index (χ0v) is 16.9. The van der Waals surface area contributed by atoms with Crippen molar-refractivity contribution >= 4 is 33.4 Å². The van der Waals surface area contributed by atoms with Crippen molar-refractivity contribution in [3.63, 3.8) is 0 Å². The van der Waals surface area contributed by atoms with Crippen molar-refractivity contribution in [2.75, 3.05) is 6.61 Å². The first-order valence-electron chi connectivity index (χ1n) is 10.0. The van der Waals surface area contributed by atoms with Crippen molar-refractivity contribution in [2.24, 2.45) is 0 Å². The Labute approximate surface area is 173 Å². The highest BCUT2D eigenvalue weighted by Crippen LogP contribution is 2.27. The standard InChI is InChI=1S/C24H22N2O2S/c27-23-21-12-3-4-13-22(21)25-24(26(23)15-19-10-6-14-28-19)29-16-18-9-5-8-17-7-1-2-11-20(17)18/h1-5,7-9,11-13,19H,6,10,14-16H2/t19-/m0/s1. The lowest BCUT2D eigenvalue weighted by Gasteiger charge is -2.16. The van der Waals surface area contributed by atoms with Gasteiger partial charge in [-0.05, 0) is 41.3 Å². The van der Waals surface area contributed by atoms with E-state index >= 15 is 0 Å². The lowest BCUT2D eigenvalue weighted by Crippen LogP contribution is -2.28. The summed E-state index contributed by atoms with van der Waals surface area (Å²) in [5, 5.41) is 3.90. The number of para-hydroxylation sites is 1. The number of fused-ring (bicyclic) bond motifs is 2. The van der Waals surface area contributed by atoms with Gasteiger partial charge in [-0.25, -0.2) is 4.98 Å². The number of hydrogen-bond acceptors (Lipinski definition) is 4. The highest BCUT2D eigenvalue weighted by molar-refractivity contribution is 7.98. The van der Waals surface area contributed by atoms with Crippen LogP contribution in [0.5, 0.6) is 0 Å². The van der Waals surface area contributed by atoms with Crippen molar-refractivity contribution in [1.29, 1.82) is 0 Å². The molecule has 0 bridgehead atoms. The average Bonchev–Trinajstić information content (AvgIpc) is 3.28. The summed E-state index contributed by atoms with van der Waals surface area (Å²) in [5.41, 5.74) is 2.02. The van der Waals surface area contributed by atoms with Crippen molar-refractivity contribution in [2.45, 2.75) is 36.4 Å². The summed E-state index contributed by atoms with van der Waals surface area (Å²) in [6.45, 7) is 1.34. The van der Waals surface area contributed by atoms with Crippen molar-refractivity contribution in [3.05, 3.63) is 82.6 Å². The van der Waals surface area contributed by atoms with Gasteiger partial charge in [0.25, 0.3) is 5.56 Å². The third-order valence-electron chi connectivity index (χ3n) is 5.47. The Morgan fingerprint density at radius 3 is 2.66 bits per heavy atom. The second-order valence-electron chi connectivity index (χ2n) is 7.39. The number of aromatic nitrogens is 2. The molecule has 1 aliphatic rings. The van der Waals surface area contributed by atoms with Crippen LogP contribution in [0.4, 0.5) is 0 Å². The minimum absolute atomic E-state index is 0.0199. The predicted molar refractivity (Wildman–Crippen MR) is 118 cm³/mol. The number of thioether (sulfide) groups is 1. The van der Waals surface area contributed by atoms with Crippen LogP contribution in [0.15, 0.2) is 76.7 Å². The molecule has 5 rings (SSSR count). The fourth-order valence-electron chi connectivity index (χ4n) is 3.97. The number of hydrogen-bond donors (Lipinski definition) is 0. The molecule has 0 saturated carbocycles. The maximum atomic E-state index is 13.2. The van der Waals surface area contributed by atoms with Gasteiger partial charge in [-0.1, -0.05) is 66.4 Å². The monoisotopic (exact) mass is 402 g/mol. The summed E-state index contributed by atoms with van der Waals surface area (Å²) < 4.78 is 7.62. The smallest absolute Gasteiger partial charge is 0.262 e. The molecule has 1 atom stereocenters. The van der Waals surface area contributed by atoms with Gasteiger partial charge in [-0.3, -0.25) is 9.36 Å². The molecule has 0 aliphatic carbocycles. The lowest BCUT2D eigenvalue weighted by molar-refractivity contribution is 0.0937. The molecule has 2 heterocycles. The van der Waals surface area contributed by atoms with E-state index in [1.54, 1.807) is 11.8 Å². The highest BCUT2D eigenvalue weighted by atomic mass is 32.2. The molecule has 146 valence electrons. The molecular formula is C24H22N2O2S. The molecule has 1 aliphatic heterocycles. The minimum Gasteiger partial charge on any atom is -0.376 e. The Balaban J connectivity index is 1.53. The van der Waals surface area contributed by atoms with E-state index in [-0.39, 0.29) is 11.7 Å². The molecule has 1 aromatic heterocycles. The molecule has 4 nitrogen and oxygen atoms in total. The first kappa shape index (κ1) is 18.4. The second kappa shape index (κ2) is 8.01. The van der Waals surface area contributed by atoms with Gasteiger partial charge in [0.15, 0.2) is 5.16 Å². The van der Waals surface area contributed by atoms with E-state index < -0.39 is 0 Å². The van der Waals surface area contributed by atoms with Crippen LogP contribution in [0.25, 0.3) is 21.7 Å². The SMILES string of the molecule is O=c1c2ccccc2nc(SCc2cccc3ccccc23)n1C[C@@H]1CCCO1. The van der Waals surface area contributed by atoms with Crippen LogP contribution < -0.4 is 5.56 Å². The molecule has 3 aromatic carbocycles. The molecule has 1 saturated heterocycles. The lowest BCUT2D eigenvalue weighted by atomic mass is 10.1. The zero-order valence-electron chi connectivity index (χ0n) is 16.1. The van der Waals surface area contributed by atoms with Crippen LogP contribution >= 0.6 is 11.8 Å². The number of rotatable bonds is 5. The first-order valence-corrected chi connectivity index (χ1v) is 11.0. The molecule has 29 heavy (non-hydrogen) atoms. The normalized spacial score (nSPS) is 16.6. The zero-order chi connectivity index (χ0) is 19.6. The summed E-state index contributed by atoms with van der Waals surface area (Å²) in [6.07, 6.45) is 2.14. The summed E-state index contributed by atoms with van der Waals surface area (Å²) in [6, 6.07) is 22.4. The van der Waals surface area contributed by atoms with E-state index in [2.05, 4.69) is 42.5 Å². The van der Waals surface area contributed by atoms with Gasteiger partial charge < -0.3 is 4.74 Å². The molecule has 0 amide bonds. The fourth-order valence-corrected chi connectivity index (χ4v) is 4.98. The van der Waals surface area contributed by atoms with Gasteiger partial charge in [-0.15, -0.1) is 0 Å². The van der Waals surface area contributed by atoms with Crippen LogP contribution in [0.2, 0.25) is 0 Å². The van der Waals surface area contributed by atoms with Gasteiger partial charge in [0.05, 0.1) is 23.6 Å². The van der Waals surface area contributed by atoms with Crippen molar-refractivity contribution < 1.29 is 4.74 Å². The third kappa shape index (κ3) is 3.68. The summed E-state index contributed by atoms with van der Waals surface area (Å²) in [7, 11) is 0. The maximum Gasteiger partial charge on any atom is 0.262 e. The Hall–Kier alpha value is -2.63. The molecule has 0 N–H and O–H groups in total. The van der Waals surface area contributed by atoms with Crippen LogP contribution in [0, 0.1) is 0 Å². The van der Waals surface area contributed by atoms with Crippen LogP contribution in [-0.2, 0) is 17.0 Å². The van der Waals surface area contributed by atoms with Gasteiger partial charge in [-0.2, -0.15) is 0 Å². The molecule has 4 aromatic rings. The summed E-state index contributed by atoms with van der Waals surface area (Å²) >= 11 is 1.62. The van der Waals surface area contributed by atoms with Crippen LogP contribution in [0.1, 0.15) is 18.4 Å². The third-order valence-corrected chi connectivity index (χ3v) is 6.50. The maximum absolute atomic E-state index is 13.2. The average molecular weight is 403 g/mol. The van der Waals surface area contributed by atoms with E-state index in [4.69, 9.17) is 9.72 Å². The predicted octanol–water partition coefficient (Wildman–Crippen LogP) is 5.02.